The first-order valence-corrected chi connectivity index (χ1v) is 4.70. The summed E-state index contributed by atoms with van der Waals surface area (Å²) in [5.41, 5.74) is 4.17. The molecule has 0 aliphatic carbocycles. The van der Waals surface area contributed by atoms with Crippen LogP contribution in [0, 0.1) is 0 Å². The van der Waals surface area contributed by atoms with Crippen LogP contribution in [0.5, 0.6) is 0 Å². The van der Waals surface area contributed by atoms with Crippen molar-refractivity contribution < 1.29 is 14.7 Å². The normalized spacial score (nSPS) is 13.4. The molecule has 0 aromatic heterocycles. The zero-order chi connectivity index (χ0) is 11.4. The van der Waals surface area contributed by atoms with Gasteiger partial charge in [0.25, 0.3) is 0 Å². The van der Waals surface area contributed by atoms with Gasteiger partial charge >= 0.3 is 5.97 Å². The average molecular weight is 202 g/mol. The fraction of sp³-hybridized carbons (Fsp3) is 0.778. The molecule has 0 aromatic rings. The van der Waals surface area contributed by atoms with Crippen LogP contribution in [0.25, 0.3) is 0 Å². The van der Waals surface area contributed by atoms with E-state index in [-0.39, 0.29) is 0 Å². The van der Waals surface area contributed by atoms with Crippen LogP contribution in [0.3, 0.4) is 0 Å². The van der Waals surface area contributed by atoms with Crippen molar-refractivity contribution in [1.82, 2.24) is 5.32 Å². The van der Waals surface area contributed by atoms with Crippen LogP contribution >= 0.6 is 0 Å². The lowest BCUT2D eigenvalue weighted by Gasteiger charge is -2.28. The summed E-state index contributed by atoms with van der Waals surface area (Å²) >= 11 is 0. The standard InChI is InChI=1S/C9H18N2O3/c1-4-9(5-2,8(13)14)11-7(12)6(3)10/h6H,4-5,10H2,1-3H3,(H,11,12)(H,13,14)/t6-/m1/s1. The molecule has 1 amide bonds. The van der Waals surface area contributed by atoms with Gasteiger partial charge in [-0.15, -0.1) is 0 Å². The minimum Gasteiger partial charge on any atom is -0.480 e. The third-order valence-corrected chi connectivity index (χ3v) is 2.39. The van der Waals surface area contributed by atoms with Crippen LogP contribution in [0.15, 0.2) is 0 Å². The summed E-state index contributed by atoms with van der Waals surface area (Å²) in [5.74, 6) is -1.45. The molecular weight excluding hydrogens is 184 g/mol. The number of amides is 1. The number of carboxylic acid groups (broad SMARTS) is 1. The smallest absolute Gasteiger partial charge is 0.329 e. The average Bonchev–Trinajstić information content (AvgIpc) is 2.13. The molecule has 0 fully saturated rings. The van der Waals surface area contributed by atoms with Crippen molar-refractivity contribution in [2.75, 3.05) is 0 Å². The van der Waals surface area contributed by atoms with Gasteiger partial charge < -0.3 is 16.2 Å². The molecule has 0 aliphatic heterocycles. The molecule has 0 rings (SSSR count). The zero-order valence-electron chi connectivity index (χ0n) is 8.83. The predicted octanol–water partition coefficient (Wildman–Crippen LogP) is 0.0932. The van der Waals surface area contributed by atoms with E-state index in [0.717, 1.165) is 0 Å². The van der Waals surface area contributed by atoms with Gasteiger partial charge in [0, 0.05) is 0 Å². The van der Waals surface area contributed by atoms with Crippen molar-refractivity contribution in [3.05, 3.63) is 0 Å². The first kappa shape index (κ1) is 12.9. The lowest BCUT2D eigenvalue weighted by atomic mass is 9.92. The molecule has 0 spiro atoms. The molecule has 5 nitrogen and oxygen atoms in total. The van der Waals surface area contributed by atoms with Gasteiger partial charge in [0.1, 0.15) is 5.54 Å². The fourth-order valence-electron chi connectivity index (χ4n) is 1.13. The molecule has 0 aromatic carbocycles. The number of rotatable bonds is 5. The van der Waals surface area contributed by atoms with Gasteiger partial charge in [0.05, 0.1) is 6.04 Å². The maximum Gasteiger partial charge on any atom is 0.329 e. The van der Waals surface area contributed by atoms with Crippen molar-refractivity contribution in [3.8, 4) is 0 Å². The van der Waals surface area contributed by atoms with E-state index in [2.05, 4.69) is 5.32 Å². The molecule has 0 unspecified atom stereocenters. The van der Waals surface area contributed by atoms with Crippen molar-refractivity contribution in [3.63, 3.8) is 0 Å². The van der Waals surface area contributed by atoms with Crippen LogP contribution in [0.4, 0.5) is 0 Å². The van der Waals surface area contributed by atoms with E-state index in [1.807, 2.05) is 0 Å². The van der Waals surface area contributed by atoms with E-state index >= 15 is 0 Å². The first-order chi connectivity index (χ1) is 6.39. The number of carboxylic acids is 1. The summed E-state index contributed by atoms with van der Waals surface area (Å²) in [6, 6.07) is -0.688. The molecule has 5 heteroatoms. The number of aliphatic carboxylic acids is 1. The van der Waals surface area contributed by atoms with Crippen molar-refractivity contribution in [2.24, 2.45) is 5.73 Å². The Balaban J connectivity index is 4.68. The summed E-state index contributed by atoms with van der Waals surface area (Å²) in [7, 11) is 0. The van der Waals surface area contributed by atoms with Gasteiger partial charge in [-0.1, -0.05) is 13.8 Å². The Morgan fingerprint density at radius 1 is 1.43 bits per heavy atom. The van der Waals surface area contributed by atoms with Crippen molar-refractivity contribution in [2.45, 2.75) is 45.2 Å². The maximum absolute atomic E-state index is 11.3. The fourth-order valence-corrected chi connectivity index (χ4v) is 1.13. The highest BCUT2D eigenvalue weighted by atomic mass is 16.4. The SMILES string of the molecule is CCC(CC)(NC(=O)[C@@H](C)N)C(=O)O. The molecule has 0 bridgehead atoms. The molecule has 1 atom stereocenters. The Kier molecular flexibility index (Phi) is 4.56. The van der Waals surface area contributed by atoms with Crippen LogP contribution in [0.2, 0.25) is 0 Å². The number of nitrogens with two attached hydrogens (primary N) is 1. The van der Waals surface area contributed by atoms with Crippen molar-refractivity contribution in [1.29, 1.82) is 0 Å². The number of hydrogen-bond acceptors (Lipinski definition) is 3. The number of carbonyl (C=O) groups is 2. The third-order valence-electron chi connectivity index (χ3n) is 2.39. The molecule has 0 aliphatic rings. The van der Waals surface area contributed by atoms with E-state index in [0.29, 0.717) is 12.8 Å². The Labute approximate surface area is 83.7 Å². The Morgan fingerprint density at radius 2 is 1.86 bits per heavy atom. The zero-order valence-corrected chi connectivity index (χ0v) is 8.83. The van der Waals surface area contributed by atoms with E-state index in [9.17, 15) is 9.59 Å². The topological polar surface area (TPSA) is 92.4 Å². The van der Waals surface area contributed by atoms with Crippen molar-refractivity contribution >= 4 is 11.9 Å². The second kappa shape index (κ2) is 4.95. The van der Waals surface area contributed by atoms with E-state index in [4.69, 9.17) is 10.8 Å². The van der Waals surface area contributed by atoms with Gasteiger partial charge in [-0.25, -0.2) is 4.79 Å². The van der Waals surface area contributed by atoms with Gasteiger partial charge in [0.15, 0.2) is 0 Å². The maximum atomic E-state index is 11.3. The highest BCUT2D eigenvalue weighted by molar-refractivity contribution is 5.89. The lowest BCUT2D eigenvalue weighted by Crippen LogP contribution is -2.57. The number of carbonyl (C=O) groups excluding carboxylic acids is 1. The van der Waals surface area contributed by atoms with Crippen LogP contribution in [0.1, 0.15) is 33.6 Å². The summed E-state index contributed by atoms with van der Waals surface area (Å²) in [4.78, 5) is 22.3. The number of hydrogen-bond donors (Lipinski definition) is 3. The van der Waals surface area contributed by atoms with E-state index < -0.39 is 23.5 Å². The predicted molar refractivity (Wildman–Crippen MR) is 52.7 cm³/mol. The molecule has 0 radical (unpaired) electrons. The monoisotopic (exact) mass is 202 g/mol. The highest BCUT2D eigenvalue weighted by Crippen LogP contribution is 2.15. The summed E-state index contributed by atoms with van der Waals surface area (Å²) in [6.45, 7) is 4.96. The highest BCUT2D eigenvalue weighted by Gasteiger charge is 2.36. The third kappa shape index (κ3) is 2.70. The minimum absolute atomic E-state index is 0.345. The van der Waals surface area contributed by atoms with Gasteiger partial charge in [-0.3, -0.25) is 4.79 Å². The van der Waals surface area contributed by atoms with Gasteiger partial charge in [-0.05, 0) is 19.8 Å². The van der Waals surface area contributed by atoms with Gasteiger partial charge in [-0.2, -0.15) is 0 Å². The molecule has 4 N–H and O–H groups in total. The van der Waals surface area contributed by atoms with Crippen LogP contribution in [-0.4, -0.2) is 28.6 Å². The van der Waals surface area contributed by atoms with E-state index in [1.165, 1.54) is 6.92 Å². The second-order valence-corrected chi connectivity index (χ2v) is 3.37. The van der Waals surface area contributed by atoms with Crippen LogP contribution in [-0.2, 0) is 9.59 Å². The number of nitrogens with one attached hydrogen (secondary N) is 1. The second-order valence-electron chi connectivity index (χ2n) is 3.37. The summed E-state index contributed by atoms with van der Waals surface area (Å²) in [5, 5.41) is 11.5. The lowest BCUT2D eigenvalue weighted by molar-refractivity contribution is -0.148. The Morgan fingerprint density at radius 3 is 2.07 bits per heavy atom. The molecule has 0 saturated carbocycles. The molecule has 0 heterocycles. The Hall–Kier alpha value is -1.10. The largest absolute Gasteiger partial charge is 0.480 e. The van der Waals surface area contributed by atoms with Gasteiger partial charge in [0.2, 0.25) is 5.91 Å². The first-order valence-electron chi connectivity index (χ1n) is 4.70. The summed E-state index contributed by atoms with van der Waals surface area (Å²) in [6.07, 6.45) is 0.689. The minimum atomic E-state index is -1.18. The Bertz CT molecular complexity index is 222. The summed E-state index contributed by atoms with van der Waals surface area (Å²) < 4.78 is 0. The molecule has 0 saturated heterocycles. The van der Waals surface area contributed by atoms with Crippen LogP contribution < -0.4 is 11.1 Å². The molecule has 14 heavy (non-hydrogen) atoms. The molecule has 82 valence electrons. The quantitative estimate of drug-likeness (QED) is 0.589. The van der Waals surface area contributed by atoms with E-state index in [1.54, 1.807) is 13.8 Å². The molecular formula is C9H18N2O3.